The van der Waals surface area contributed by atoms with Crippen molar-refractivity contribution in [3.8, 4) is 0 Å². The first-order valence-corrected chi connectivity index (χ1v) is 8.31. The average molecular weight is 385 g/mol. The van der Waals surface area contributed by atoms with Crippen molar-refractivity contribution in [3.05, 3.63) is 69.3 Å². The fourth-order valence-corrected chi connectivity index (χ4v) is 2.27. The third-order valence-corrected chi connectivity index (χ3v) is 3.74. The third-order valence-electron chi connectivity index (χ3n) is 3.74. The van der Waals surface area contributed by atoms with E-state index >= 15 is 0 Å². The molecule has 0 heterocycles. The van der Waals surface area contributed by atoms with Crippen molar-refractivity contribution in [2.24, 2.45) is 0 Å². The molecular formula is C19H19N3O6. The summed E-state index contributed by atoms with van der Waals surface area (Å²) >= 11 is 0. The van der Waals surface area contributed by atoms with Crippen LogP contribution in [0.1, 0.15) is 21.5 Å². The van der Waals surface area contributed by atoms with E-state index in [9.17, 15) is 24.5 Å². The van der Waals surface area contributed by atoms with Crippen LogP contribution in [0, 0.1) is 24.0 Å². The number of carbonyl (C=O) groups is 3. The van der Waals surface area contributed by atoms with Crippen molar-refractivity contribution in [2.75, 3.05) is 18.5 Å². The van der Waals surface area contributed by atoms with Crippen molar-refractivity contribution in [1.29, 1.82) is 0 Å². The van der Waals surface area contributed by atoms with Crippen LogP contribution in [0.4, 0.5) is 11.4 Å². The topological polar surface area (TPSA) is 128 Å². The predicted octanol–water partition coefficient (Wildman–Crippen LogP) is 2.12. The minimum Gasteiger partial charge on any atom is -0.454 e. The largest absolute Gasteiger partial charge is 0.454 e. The molecule has 9 nitrogen and oxygen atoms in total. The van der Waals surface area contributed by atoms with E-state index in [0.29, 0.717) is 5.69 Å². The summed E-state index contributed by atoms with van der Waals surface area (Å²) in [5.74, 6) is -1.98. The maximum Gasteiger partial charge on any atom is 0.325 e. The van der Waals surface area contributed by atoms with Crippen molar-refractivity contribution < 1.29 is 24.0 Å². The monoisotopic (exact) mass is 385 g/mol. The van der Waals surface area contributed by atoms with E-state index in [0.717, 1.165) is 17.2 Å². The first-order valence-electron chi connectivity index (χ1n) is 8.31. The van der Waals surface area contributed by atoms with Crippen LogP contribution in [0.5, 0.6) is 0 Å². The molecule has 0 aliphatic rings. The van der Waals surface area contributed by atoms with Gasteiger partial charge in [-0.2, -0.15) is 0 Å². The Balaban J connectivity index is 1.80. The van der Waals surface area contributed by atoms with Gasteiger partial charge in [0.2, 0.25) is 0 Å². The molecule has 0 saturated carbocycles. The Kier molecular flexibility index (Phi) is 6.80. The quantitative estimate of drug-likeness (QED) is 0.427. The number of anilines is 1. The second-order valence-electron chi connectivity index (χ2n) is 6.02. The summed E-state index contributed by atoms with van der Waals surface area (Å²) in [6.45, 7) is 2.75. The molecule has 28 heavy (non-hydrogen) atoms. The fourth-order valence-electron chi connectivity index (χ4n) is 2.27. The highest BCUT2D eigenvalue weighted by molar-refractivity contribution is 5.97. The summed E-state index contributed by atoms with van der Waals surface area (Å²) in [5.41, 5.74) is 2.27. The smallest absolute Gasteiger partial charge is 0.325 e. The number of hydrogen-bond acceptors (Lipinski definition) is 6. The Hall–Kier alpha value is -3.75. The lowest BCUT2D eigenvalue weighted by atomic mass is 10.1. The second-order valence-corrected chi connectivity index (χ2v) is 6.02. The van der Waals surface area contributed by atoms with Gasteiger partial charge in [-0.15, -0.1) is 0 Å². The minimum absolute atomic E-state index is 0.0367. The lowest BCUT2D eigenvalue weighted by molar-refractivity contribution is -0.384. The number of nitro groups is 1. The Morgan fingerprint density at radius 1 is 1.11 bits per heavy atom. The fraction of sp³-hybridized carbons (Fsp3) is 0.211. The molecule has 0 aliphatic carbocycles. The van der Waals surface area contributed by atoms with Gasteiger partial charge in [0.05, 0.1) is 4.92 Å². The van der Waals surface area contributed by atoms with Gasteiger partial charge in [-0.05, 0) is 37.1 Å². The number of aryl methyl sites for hydroxylation is 2. The van der Waals surface area contributed by atoms with Crippen LogP contribution in [0.25, 0.3) is 0 Å². The zero-order valence-electron chi connectivity index (χ0n) is 15.4. The molecule has 9 heteroatoms. The van der Waals surface area contributed by atoms with E-state index in [1.165, 1.54) is 18.2 Å². The highest BCUT2D eigenvalue weighted by Crippen LogP contribution is 2.16. The van der Waals surface area contributed by atoms with E-state index < -0.39 is 35.9 Å². The number of amides is 2. The van der Waals surface area contributed by atoms with E-state index in [1.54, 1.807) is 6.07 Å². The minimum atomic E-state index is -0.810. The molecule has 0 atom stereocenters. The SMILES string of the molecule is Cc1ccc(C)c(NC(=O)COC(=O)CNC(=O)c2cccc([N+](=O)[O-])c2)c1. The standard InChI is InChI=1S/C19H19N3O6/c1-12-6-7-13(2)16(8-12)21-17(23)11-28-18(24)10-20-19(25)14-4-3-5-15(9-14)22(26)27/h3-9H,10-11H2,1-2H3,(H,20,25)(H,21,23). The third kappa shape index (κ3) is 5.90. The molecule has 0 saturated heterocycles. The molecule has 0 fully saturated rings. The van der Waals surface area contributed by atoms with E-state index in [4.69, 9.17) is 4.74 Å². The Morgan fingerprint density at radius 2 is 1.86 bits per heavy atom. The number of esters is 1. The van der Waals surface area contributed by atoms with Crippen LogP contribution in [0.3, 0.4) is 0 Å². The number of nitrogens with zero attached hydrogens (tertiary/aromatic N) is 1. The number of nitro benzene ring substituents is 1. The number of benzene rings is 2. The van der Waals surface area contributed by atoms with Crippen LogP contribution in [0.2, 0.25) is 0 Å². The van der Waals surface area contributed by atoms with E-state index in [2.05, 4.69) is 10.6 Å². The molecule has 2 aromatic rings. The molecule has 0 radical (unpaired) electrons. The Morgan fingerprint density at radius 3 is 2.57 bits per heavy atom. The molecule has 0 spiro atoms. The lowest BCUT2D eigenvalue weighted by Gasteiger charge is -2.10. The molecule has 0 aliphatic heterocycles. The molecule has 2 amide bonds. The summed E-state index contributed by atoms with van der Waals surface area (Å²) in [7, 11) is 0. The van der Waals surface area contributed by atoms with Crippen LogP contribution in [-0.4, -0.2) is 35.9 Å². The number of ether oxygens (including phenoxy) is 1. The van der Waals surface area contributed by atoms with Crippen molar-refractivity contribution in [2.45, 2.75) is 13.8 Å². The Labute approximate surface area is 160 Å². The highest BCUT2D eigenvalue weighted by atomic mass is 16.6. The summed E-state index contributed by atoms with van der Waals surface area (Å²) in [6.07, 6.45) is 0. The summed E-state index contributed by atoms with van der Waals surface area (Å²) in [5, 5.41) is 15.7. The number of rotatable bonds is 7. The number of hydrogen-bond donors (Lipinski definition) is 2. The molecule has 2 N–H and O–H groups in total. The van der Waals surface area contributed by atoms with E-state index in [-0.39, 0.29) is 11.3 Å². The molecule has 0 bridgehead atoms. The van der Waals surface area contributed by atoms with Crippen LogP contribution in [0.15, 0.2) is 42.5 Å². The number of nitrogens with one attached hydrogen (secondary N) is 2. The van der Waals surface area contributed by atoms with Crippen molar-refractivity contribution >= 4 is 29.2 Å². The summed E-state index contributed by atoms with van der Waals surface area (Å²) in [6, 6.07) is 10.7. The maximum atomic E-state index is 12.0. The van der Waals surface area contributed by atoms with Gasteiger partial charge >= 0.3 is 5.97 Å². The molecule has 146 valence electrons. The van der Waals surface area contributed by atoms with Crippen molar-refractivity contribution in [1.82, 2.24) is 5.32 Å². The van der Waals surface area contributed by atoms with Gasteiger partial charge in [-0.1, -0.05) is 18.2 Å². The van der Waals surface area contributed by atoms with Gasteiger partial charge < -0.3 is 15.4 Å². The normalized spacial score (nSPS) is 10.1. The van der Waals surface area contributed by atoms with Gasteiger partial charge in [0.1, 0.15) is 6.54 Å². The highest BCUT2D eigenvalue weighted by Gasteiger charge is 2.14. The predicted molar refractivity (Wildman–Crippen MR) is 101 cm³/mol. The molecule has 2 rings (SSSR count). The maximum absolute atomic E-state index is 12.0. The average Bonchev–Trinajstić information content (AvgIpc) is 2.67. The van der Waals surface area contributed by atoms with E-state index in [1.807, 2.05) is 26.0 Å². The van der Waals surface area contributed by atoms with Crippen molar-refractivity contribution in [3.63, 3.8) is 0 Å². The van der Waals surface area contributed by atoms with Crippen LogP contribution >= 0.6 is 0 Å². The first kappa shape index (κ1) is 20.6. The van der Waals surface area contributed by atoms with Gasteiger partial charge in [-0.25, -0.2) is 0 Å². The number of non-ortho nitro benzene ring substituents is 1. The van der Waals surface area contributed by atoms with Gasteiger partial charge in [0.15, 0.2) is 6.61 Å². The van der Waals surface area contributed by atoms with Crippen LogP contribution < -0.4 is 10.6 Å². The summed E-state index contributed by atoms with van der Waals surface area (Å²) in [4.78, 5) is 45.7. The van der Waals surface area contributed by atoms with Gasteiger partial charge in [-0.3, -0.25) is 24.5 Å². The second kappa shape index (κ2) is 9.26. The molecule has 0 aromatic heterocycles. The number of carbonyl (C=O) groups excluding carboxylic acids is 3. The zero-order valence-corrected chi connectivity index (χ0v) is 15.4. The zero-order chi connectivity index (χ0) is 20.7. The van der Waals surface area contributed by atoms with Crippen LogP contribution in [-0.2, 0) is 14.3 Å². The lowest BCUT2D eigenvalue weighted by Crippen LogP contribution is -2.32. The molecular weight excluding hydrogens is 366 g/mol. The first-order chi connectivity index (χ1) is 13.3. The van der Waals surface area contributed by atoms with Gasteiger partial charge in [0, 0.05) is 23.4 Å². The molecule has 0 unspecified atom stereocenters. The molecule has 2 aromatic carbocycles. The Bertz CT molecular complexity index is 926. The summed E-state index contributed by atoms with van der Waals surface area (Å²) < 4.78 is 4.82. The van der Waals surface area contributed by atoms with Gasteiger partial charge in [0.25, 0.3) is 17.5 Å².